The van der Waals surface area contributed by atoms with Crippen molar-refractivity contribution in [1.29, 1.82) is 0 Å². The van der Waals surface area contributed by atoms with Gasteiger partial charge in [-0.1, -0.05) is 26.0 Å². The average molecular weight is 321 g/mol. The minimum absolute atomic E-state index is 0.118. The van der Waals surface area contributed by atoms with Crippen LogP contribution in [0.4, 0.5) is 0 Å². The summed E-state index contributed by atoms with van der Waals surface area (Å²) in [4.78, 5) is 26.1. The normalized spacial score (nSPS) is 10.5. The molecule has 0 aliphatic rings. The van der Waals surface area contributed by atoms with Crippen LogP contribution < -0.4 is 4.74 Å². The molecule has 0 radical (unpaired) electrons. The van der Waals surface area contributed by atoms with Gasteiger partial charge in [-0.05, 0) is 31.4 Å². The molecular weight excluding hydrogens is 294 g/mol. The first-order valence-corrected chi connectivity index (χ1v) is 8.07. The van der Waals surface area contributed by atoms with Gasteiger partial charge < -0.3 is 14.4 Å². The Hall–Kier alpha value is -2.04. The van der Waals surface area contributed by atoms with Gasteiger partial charge in [0.05, 0.1) is 25.7 Å². The maximum Gasteiger partial charge on any atom is 0.307 e. The highest BCUT2D eigenvalue weighted by atomic mass is 16.5. The Kier molecular flexibility index (Phi) is 8.16. The number of nitrogens with zero attached hydrogens (tertiary/aromatic N) is 1. The molecule has 0 aliphatic carbocycles. The number of hydrogen-bond donors (Lipinski definition) is 0. The van der Waals surface area contributed by atoms with E-state index in [1.165, 1.54) is 0 Å². The highest BCUT2D eigenvalue weighted by Crippen LogP contribution is 2.20. The van der Waals surface area contributed by atoms with E-state index in [2.05, 4.69) is 13.8 Å². The lowest BCUT2D eigenvalue weighted by Gasteiger charge is -2.24. The van der Waals surface area contributed by atoms with Crippen LogP contribution in [0.2, 0.25) is 0 Å². The van der Waals surface area contributed by atoms with Gasteiger partial charge >= 0.3 is 5.97 Å². The fourth-order valence-corrected chi connectivity index (χ4v) is 2.18. The quantitative estimate of drug-likeness (QED) is 0.656. The van der Waals surface area contributed by atoms with Crippen molar-refractivity contribution in [2.75, 3.05) is 26.8 Å². The van der Waals surface area contributed by atoms with E-state index in [1.54, 1.807) is 31.1 Å². The second-order valence-electron chi connectivity index (χ2n) is 5.73. The van der Waals surface area contributed by atoms with Gasteiger partial charge in [-0.25, -0.2) is 0 Å². The molecule has 23 heavy (non-hydrogen) atoms. The molecule has 0 N–H and O–H groups in total. The summed E-state index contributed by atoms with van der Waals surface area (Å²) in [5, 5.41) is 0. The lowest BCUT2D eigenvalue weighted by Crippen LogP contribution is -2.35. The third-order valence-electron chi connectivity index (χ3n) is 3.49. The number of amides is 1. The predicted molar refractivity (Wildman–Crippen MR) is 89.6 cm³/mol. The monoisotopic (exact) mass is 321 g/mol. The fraction of sp³-hybridized carbons (Fsp3) is 0.556. The number of esters is 1. The molecule has 5 heteroatoms. The molecule has 0 unspecified atom stereocenters. The smallest absolute Gasteiger partial charge is 0.307 e. The zero-order valence-corrected chi connectivity index (χ0v) is 14.5. The van der Waals surface area contributed by atoms with Crippen molar-refractivity contribution < 1.29 is 19.1 Å². The van der Waals surface area contributed by atoms with Crippen molar-refractivity contribution in [2.24, 2.45) is 5.92 Å². The Labute approximate surface area is 138 Å². The van der Waals surface area contributed by atoms with E-state index in [0.29, 0.717) is 36.9 Å². The van der Waals surface area contributed by atoms with Gasteiger partial charge in [0.25, 0.3) is 5.91 Å². The molecule has 0 saturated carbocycles. The zero-order valence-electron chi connectivity index (χ0n) is 14.5. The molecule has 1 amide bonds. The SMILES string of the molecule is CCOC(=O)CCN(CCC(C)C)C(=O)c1ccccc1OC. The molecule has 0 aliphatic heterocycles. The van der Waals surface area contributed by atoms with Crippen LogP contribution in [0.25, 0.3) is 0 Å². The number of ether oxygens (including phenoxy) is 2. The van der Waals surface area contributed by atoms with Gasteiger partial charge in [-0.2, -0.15) is 0 Å². The van der Waals surface area contributed by atoms with Crippen LogP contribution in [-0.2, 0) is 9.53 Å². The number of benzene rings is 1. The Morgan fingerprint density at radius 3 is 2.48 bits per heavy atom. The van der Waals surface area contributed by atoms with E-state index in [0.717, 1.165) is 6.42 Å². The Morgan fingerprint density at radius 2 is 1.87 bits per heavy atom. The van der Waals surface area contributed by atoms with Gasteiger partial charge in [-0.15, -0.1) is 0 Å². The summed E-state index contributed by atoms with van der Waals surface area (Å²) < 4.78 is 10.2. The van der Waals surface area contributed by atoms with Crippen LogP contribution in [0.5, 0.6) is 5.75 Å². The molecule has 0 saturated heterocycles. The average Bonchev–Trinajstić information content (AvgIpc) is 2.54. The number of carbonyl (C=O) groups excluding carboxylic acids is 2. The topological polar surface area (TPSA) is 55.8 Å². The summed E-state index contributed by atoms with van der Waals surface area (Å²) in [5.74, 6) is 0.621. The molecule has 5 nitrogen and oxygen atoms in total. The predicted octanol–water partition coefficient (Wildman–Crippen LogP) is 3.14. The molecule has 0 spiro atoms. The van der Waals surface area contributed by atoms with Crippen molar-refractivity contribution in [3.05, 3.63) is 29.8 Å². The van der Waals surface area contributed by atoms with Gasteiger partial charge in [0.1, 0.15) is 5.75 Å². The van der Waals surface area contributed by atoms with Crippen molar-refractivity contribution in [1.82, 2.24) is 4.90 Å². The molecule has 128 valence electrons. The third-order valence-corrected chi connectivity index (χ3v) is 3.49. The first-order valence-electron chi connectivity index (χ1n) is 8.07. The van der Waals surface area contributed by atoms with E-state index in [1.807, 2.05) is 12.1 Å². The lowest BCUT2D eigenvalue weighted by molar-refractivity contribution is -0.143. The number of rotatable bonds is 9. The van der Waals surface area contributed by atoms with Gasteiger partial charge in [0, 0.05) is 13.1 Å². The van der Waals surface area contributed by atoms with Crippen molar-refractivity contribution >= 4 is 11.9 Å². The molecule has 1 rings (SSSR count). The Morgan fingerprint density at radius 1 is 1.17 bits per heavy atom. The van der Waals surface area contributed by atoms with E-state index < -0.39 is 0 Å². The summed E-state index contributed by atoms with van der Waals surface area (Å²) in [6.45, 7) is 7.30. The molecule has 0 atom stereocenters. The van der Waals surface area contributed by atoms with Crippen molar-refractivity contribution in [2.45, 2.75) is 33.6 Å². The van der Waals surface area contributed by atoms with E-state index >= 15 is 0 Å². The van der Waals surface area contributed by atoms with E-state index in [-0.39, 0.29) is 18.3 Å². The zero-order chi connectivity index (χ0) is 17.2. The van der Waals surface area contributed by atoms with E-state index in [4.69, 9.17) is 9.47 Å². The minimum atomic E-state index is -0.283. The maximum atomic E-state index is 12.8. The van der Waals surface area contributed by atoms with Crippen LogP contribution >= 0.6 is 0 Å². The largest absolute Gasteiger partial charge is 0.496 e. The Bertz CT molecular complexity index is 513. The van der Waals surface area contributed by atoms with Crippen LogP contribution in [0.3, 0.4) is 0 Å². The second kappa shape index (κ2) is 9.87. The number of methoxy groups -OCH3 is 1. The van der Waals surface area contributed by atoms with Crippen LogP contribution in [0.1, 0.15) is 44.0 Å². The lowest BCUT2D eigenvalue weighted by atomic mass is 10.1. The summed E-state index contributed by atoms with van der Waals surface area (Å²) in [6.07, 6.45) is 1.08. The highest BCUT2D eigenvalue weighted by molar-refractivity contribution is 5.97. The summed E-state index contributed by atoms with van der Waals surface area (Å²) in [7, 11) is 1.54. The standard InChI is InChI=1S/C18H27NO4/c1-5-23-17(20)11-13-19(12-10-14(2)3)18(21)15-8-6-7-9-16(15)22-4/h6-9,14H,5,10-13H2,1-4H3. The van der Waals surface area contributed by atoms with Gasteiger partial charge in [0.15, 0.2) is 0 Å². The molecule has 0 bridgehead atoms. The summed E-state index contributed by atoms with van der Waals surface area (Å²) in [6, 6.07) is 7.14. The molecule has 0 heterocycles. The second-order valence-corrected chi connectivity index (χ2v) is 5.73. The number of carbonyl (C=O) groups is 2. The first-order chi connectivity index (χ1) is 11.0. The fourth-order valence-electron chi connectivity index (χ4n) is 2.18. The van der Waals surface area contributed by atoms with Crippen LogP contribution in [-0.4, -0.2) is 43.6 Å². The van der Waals surface area contributed by atoms with Crippen LogP contribution in [0.15, 0.2) is 24.3 Å². The van der Waals surface area contributed by atoms with Crippen LogP contribution in [0, 0.1) is 5.92 Å². The molecule has 0 fully saturated rings. The maximum absolute atomic E-state index is 12.8. The highest BCUT2D eigenvalue weighted by Gasteiger charge is 2.20. The minimum Gasteiger partial charge on any atom is -0.496 e. The summed E-state index contributed by atoms with van der Waals surface area (Å²) >= 11 is 0. The third kappa shape index (κ3) is 6.30. The van der Waals surface area contributed by atoms with Gasteiger partial charge in [0.2, 0.25) is 0 Å². The first kappa shape index (κ1) is 19.0. The molecule has 1 aromatic rings. The molecular formula is C18H27NO4. The molecule has 1 aromatic carbocycles. The number of hydrogen-bond acceptors (Lipinski definition) is 4. The number of para-hydroxylation sites is 1. The van der Waals surface area contributed by atoms with E-state index in [9.17, 15) is 9.59 Å². The van der Waals surface area contributed by atoms with Gasteiger partial charge in [-0.3, -0.25) is 9.59 Å². The summed E-state index contributed by atoms with van der Waals surface area (Å²) in [5.41, 5.74) is 0.516. The van der Waals surface area contributed by atoms with Crippen molar-refractivity contribution in [3.63, 3.8) is 0 Å². The van der Waals surface area contributed by atoms with Crippen molar-refractivity contribution in [3.8, 4) is 5.75 Å². The Balaban J connectivity index is 2.84. The molecule has 0 aromatic heterocycles.